The van der Waals surface area contributed by atoms with E-state index in [9.17, 15) is 0 Å². The lowest BCUT2D eigenvalue weighted by molar-refractivity contribution is 0.00561. The van der Waals surface area contributed by atoms with Gasteiger partial charge in [-0.15, -0.1) is 0 Å². The predicted molar refractivity (Wildman–Crippen MR) is 64.8 cm³/mol. The standard InChI is InChI=1S/C12H14BrNO2/c13-9-1-2-11-10(7-9)12(3-5-16-11)8-15-6-4-14-12/h1-2,7,14H,3-6,8H2/t12-/m0/s1. The van der Waals surface area contributed by atoms with Crippen molar-refractivity contribution in [3.05, 3.63) is 28.2 Å². The lowest BCUT2D eigenvalue weighted by Crippen LogP contribution is -2.54. The van der Waals surface area contributed by atoms with E-state index in [1.807, 2.05) is 12.1 Å². The molecule has 1 atom stereocenters. The quantitative estimate of drug-likeness (QED) is 0.791. The number of halogens is 1. The highest BCUT2D eigenvalue weighted by Crippen LogP contribution is 2.39. The summed E-state index contributed by atoms with van der Waals surface area (Å²) < 4.78 is 12.4. The van der Waals surface area contributed by atoms with Gasteiger partial charge in [-0.25, -0.2) is 0 Å². The molecule has 0 radical (unpaired) electrons. The number of ether oxygens (including phenoxy) is 2. The van der Waals surface area contributed by atoms with Crippen LogP contribution in [0.2, 0.25) is 0 Å². The first-order valence-electron chi connectivity index (χ1n) is 5.56. The number of fused-ring (bicyclic) bond motifs is 2. The van der Waals surface area contributed by atoms with E-state index in [1.165, 1.54) is 5.56 Å². The van der Waals surface area contributed by atoms with Crippen molar-refractivity contribution in [2.75, 3.05) is 26.4 Å². The van der Waals surface area contributed by atoms with Gasteiger partial charge >= 0.3 is 0 Å². The maximum Gasteiger partial charge on any atom is 0.124 e. The predicted octanol–water partition coefficient (Wildman–Crippen LogP) is 2.05. The molecule has 1 spiro atoms. The number of rotatable bonds is 0. The van der Waals surface area contributed by atoms with Crippen LogP contribution >= 0.6 is 15.9 Å². The van der Waals surface area contributed by atoms with Crippen molar-refractivity contribution in [2.45, 2.75) is 12.0 Å². The fraction of sp³-hybridized carbons (Fsp3) is 0.500. The molecule has 2 aliphatic rings. The van der Waals surface area contributed by atoms with Crippen LogP contribution in [0.15, 0.2) is 22.7 Å². The van der Waals surface area contributed by atoms with Gasteiger partial charge in [-0.3, -0.25) is 0 Å². The van der Waals surface area contributed by atoms with Crippen LogP contribution in [0.4, 0.5) is 0 Å². The molecule has 86 valence electrons. The molecule has 0 unspecified atom stereocenters. The molecule has 3 rings (SSSR count). The molecule has 0 aromatic heterocycles. The Labute approximate surface area is 103 Å². The number of benzene rings is 1. The Morgan fingerprint density at radius 2 is 2.25 bits per heavy atom. The molecule has 4 heteroatoms. The maximum atomic E-state index is 5.69. The Morgan fingerprint density at radius 1 is 1.31 bits per heavy atom. The van der Waals surface area contributed by atoms with Gasteiger partial charge in [0.25, 0.3) is 0 Å². The smallest absolute Gasteiger partial charge is 0.124 e. The average molecular weight is 284 g/mol. The summed E-state index contributed by atoms with van der Waals surface area (Å²) >= 11 is 3.52. The zero-order valence-electron chi connectivity index (χ0n) is 8.96. The first-order valence-corrected chi connectivity index (χ1v) is 6.35. The van der Waals surface area contributed by atoms with Crippen molar-refractivity contribution in [1.29, 1.82) is 0 Å². The molecule has 0 aliphatic carbocycles. The van der Waals surface area contributed by atoms with E-state index in [2.05, 4.69) is 27.3 Å². The molecule has 1 saturated heterocycles. The summed E-state index contributed by atoms with van der Waals surface area (Å²) in [6, 6.07) is 6.17. The van der Waals surface area contributed by atoms with Gasteiger partial charge in [0.2, 0.25) is 0 Å². The second kappa shape index (κ2) is 4.02. The van der Waals surface area contributed by atoms with Crippen LogP contribution in [0, 0.1) is 0 Å². The fourth-order valence-electron chi connectivity index (χ4n) is 2.47. The van der Waals surface area contributed by atoms with Gasteiger partial charge in [0.1, 0.15) is 5.75 Å². The van der Waals surface area contributed by atoms with Crippen LogP contribution in [-0.4, -0.2) is 26.4 Å². The summed E-state index contributed by atoms with van der Waals surface area (Å²) in [4.78, 5) is 0. The van der Waals surface area contributed by atoms with Gasteiger partial charge in [0, 0.05) is 23.0 Å². The zero-order chi connectivity index (χ0) is 11.0. The first kappa shape index (κ1) is 10.6. The van der Waals surface area contributed by atoms with Crippen molar-refractivity contribution in [2.24, 2.45) is 0 Å². The van der Waals surface area contributed by atoms with E-state index in [-0.39, 0.29) is 5.54 Å². The summed E-state index contributed by atoms with van der Waals surface area (Å²) in [6.07, 6.45) is 0.969. The fourth-order valence-corrected chi connectivity index (χ4v) is 2.83. The minimum absolute atomic E-state index is 0.0460. The molecule has 1 N–H and O–H groups in total. The second-order valence-corrected chi connectivity index (χ2v) is 5.22. The van der Waals surface area contributed by atoms with Crippen molar-refractivity contribution in [1.82, 2.24) is 5.32 Å². The molecule has 1 aromatic rings. The maximum absolute atomic E-state index is 5.69. The van der Waals surface area contributed by atoms with Gasteiger partial charge in [-0.1, -0.05) is 15.9 Å². The molecular weight excluding hydrogens is 270 g/mol. The Kier molecular flexibility index (Phi) is 2.65. The summed E-state index contributed by atoms with van der Waals surface area (Å²) in [5, 5.41) is 3.59. The van der Waals surface area contributed by atoms with E-state index >= 15 is 0 Å². The molecule has 0 amide bonds. The van der Waals surface area contributed by atoms with Crippen LogP contribution in [-0.2, 0) is 10.3 Å². The van der Waals surface area contributed by atoms with Gasteiger partial charge in [0.15, 0.2) is 0 Å². The van der Waals surface area contributed by atoms with Crippen molar-refractivity contribution in [3.63, 3.8) is 0 Å². The lowest BCUT2D eigenvalue weighted by atomic mass is 9.84. The highest BCUT2D eigenvalue weighted by molar-refractivity contribution is 9.10. The van der Waals surface area contributed by atoms with Crippen molar-refractivity contribution < 1.29 is 9.47 Å². The topological polar surface area (TPSA) is 30.5 Å². The number of hydrogen-bond acceptors (Lipinski definition) is 3. The summed E-state index contributed by atoms with van der Waals surface area (Å²) in [6.45, 7) is 3.20. The SMILES string of the molecule is Brc1ccc2c(c1)[C@]1(CCO2)COCCN1. The Bertz CT molecular complexity index is 402. The van der Waals surface area contributed by atoms with Crippen LogP contribution in [0.3, 0.4) is 0 Å². The van der Waals surface area contributed by atoms with Crippen LogP contribution in [0.25, 0.3) is 0 Å². The van der Waals surface area contributed by atoms with Crippen LogP contribution in [0.1, 0.15) is 12.0 Å². The molecule has 16 heavy (non-hydrogen) atoms. The summed E-state index contributed by atoms with van der Waals surface area (Å²) in [5.74, 6) is 0.979. The number of morpholine rings is 1. The normalized spacial score (nSPS) is 28.6. The molecule has 2 heterocycles. The van der Waals surface area contributed by atoms with Gasteiger partial charge < -0.3 is 14.8 Å². The van der Waals surface area contributed by atoms with Gasteiger partial charge in [0.05, 0.1) is 25.4 Å². The van der Waals surface area contributed by atoms with Crippen molar-refractivity contribution >= 4 is 15.9 Å². The molecule has 0 bridgehead atoms. The zero-order valence-corrected chi connectivity index (χ0v) is 10.5. The minimum atomic E-state index is -0.0460. The van der Waals surface area contributed by atoms with E-state index in [1.54, 1.807) is 0 Å². The van der Waals surface area contributed by atoms with Crippen LogP contribution in [0.5, 0.6) is 5.75 Å². The third-order valence-electron chi connectivity index (χ3n) is 3.30. The van der Waals surface area contributed by atoms with E-state index in [4.69, 9.17) is 9.47 Å². The summed E-state index contributed by atoms with van der Waals surface area (Å²) in [7, 11) is 0. The van der Waals surface area contributed by atoms with Crippen LogP contribution < -0.4 is 10.1 Å². The van der Waals surface area contributed by atoms with E-state index in [0.717, 1.165) is 43.0 Å². The number of nitrogens with one attached hydrogen (secondary N) is 1. The monoisotopic (exact) mass is 283 g/mol. The van der Waals surface area contributed by atoms with E-state index < -0.39 is 0 Å². The van der Waals surface area contributed by atoms with Gasteiger partial charge in [-0.2, -0.15) is 0 Å². The second-order valence-electron chi connectivity index (χ2n) is 4.30. The highest BCUT2D eigenvalue weighted by Gasteiger charge is 2.39. The van der Waals surface area contributed by atoms with E-state index in [0.29, 0.717) is 0 Å². The lowest BCUT2D eigenvalue weighted by Gasteiger charge is -2.42. The first-order chi connectivity index (χ1) is 7.80. The Morgan fingerprint density at radius 3 is 3.06 bits per heavy atom. The van der Waals surface area contributed by atoms with Crippen molar-refractivity contribution in [3.8, 4) is 5.75 Å². The summed E-state index contributed by atoms with van der Waals surface area (Å²) in [5.41, 5.74) is 1.17. The third kappa shape index (κ3) is 1.65. The van der Waals surface area contributed by atoms with Gasteiger partial charge in [-0.05, 0) is 18.2 Å². The molecule has 0 saturated carbocycles. The highest BCUT2D eigenvalue weighted by atomic mass is 79.9. The molecule has 3 nitrogen and oxygen atoms in total. The number of hydrogen-bond donors (Lipinski definition) is 1. The molecular formula is C12H14BrNO2. The Hall–Kier alpha value is -0.580. The minimum Gasteiger partial charge on any atom is -0.493 e. The molecule has 1 fully saturated rings. The largest absolute Gasteiger partial charge is 0.493 e. The third-order valence-corrected chi connectivity index (χ3v) is 3.80. The Balaban J connectivity index is 2.06. The average Bonchev–Trinajstić information content (AvgIpc) is 2.32. The molecule has 1 aromatic carbocycles. The molecule has 2 aliphatic heterocycles.